The standard InChI is InChI=1S/C16H14N6O4/c1-21(16(17)18)15(23)14-4-9-2-3-11(6-13(9)20-14)26-12-5-10(22(24)25)7-19-8-12/h2-8,20H,1H3,(H3,17,18). The average Bonchev–Trinajstić information content (AvgIpc) is 3.03. The van der Waals surface area contributed by atoms with Gasteiger partial charge in [-0.05, 0) is 18.2 Å². The molecule has 1 aromatic carbocycles. The lowest BCUT2D eigenvalue weighted by molar-refractivity contribution is -0.385. The highest BCUT2D eigenvalue weighted by atomic mass is 16.6. The van der Waals surface area contributed by atoms with Crippen LogP contribution in [0.4, 0.5) is 5.69 Å². The predicted molar refractivity (Wildman–Crippen MR) is 93.3 cm³/mol. The number of nitrogens with zero attached hydrogens (tertiary/aromatic N) is 3. The lowest BCUT2D eigenvalue weighted by Gasteiger charge is -2.12. The number of hydrogen-bond acceptors (Lipinski definition) is 6. The SMILES string of the molecule is CN(C(=N)N)C(=O)c1cc2ccc(Oc3cncc([N+](=O)[O-])c3)cc2[nH]1. The van der Waals surface area contributed by atoms with Crippen molar-refractivity contribution in [3.05, 3.63) is 58.5 Å². The second-order valence-corrected chi connectivity index (χ2v) is 5.42. The summed E-state index contributed by atoms with van der Waals surface area (Å²) in [5.41, 5.74) is 6.03. The van der Waals surface area contributed by atoms with Gasteiger partial charge in [0.1, 0.15) is 17.6 Å². The van der Waals surface area contributed by atoms with E-state index in [-0.39, 0.29) is 23.1 Å². The number of aromatic nitrogens is 2. The van der Waals surface area contributed by atoms with Gasteiger partial charge in [0.05, 0.1) is 17.2 Å². The molecular formula is C16H14N6O4. The molecule has 0 saturated heterocycles. The van der Waals surface area contributed by atoms with Gasteiger partial charge in [-0.2, -0.15) is 0 Å². The second kappa shape index (κ2) is 6.51. The maximum atomic E-state index is 12.2. The number of guanidine groups is 1. The molecule has 3 aromatic rings. The number of benzene rings is 1. The molecule has 10 heteroatoms. The van der Waals surface area contributed by atoms with Crippen molar-refractivity contribution in [2.24, 2.45) is 5.73 Å². The molecule has 2 heterocycles. The predicted octanol–water partition coefficient (Wildman–Crippen LogP) is 2.23. The zero-order valence-corrected chi connectivity index (χ0v) is 13.6. The number of nitrogens with two attached hydrogens (primary N) is 1. The van der Waals surface area contributed by atoms with Crippen LogP contribution in [0.15, 0.2) is 42.7 Å². The van der Waals surface area contributed by atoms with Crippen molar-refractivity contribution in [1.29, 1.82) is 5.41 Å². The maximum Gasteiger partial charge on any atom is 0.291 e. The summed E-state index contributed by atoms with van der Waals surface area (Å²) in [6, 6.07) is 7.95. The van der Waals surface area contributed by atoms with Gasteiger partial charge in [0.15, 0.2) is 11.7 Å². The summed E-state index contributed by atoms with van der Waals surface area (Å²) in [6.07, 6.45) is 2.49. The minimum Gasteiger partial charge on any atom is -0.455 e. The van der Waals surface area contributed by atoms with Gasteiger partial charge in [-0.3, -0.25) is 30.2 Å². The number of H-pyrrole nitrogens is 1. The van der Waals surface area contributed by atoms with Crippen LogP contribution in [-0.2, 0) is 0 Å². The van der Waals surface area contributed by atoms with Crippen molar-refractivity contribution in [1.82, 2.24) is 14.9 Å². The van der Waals surface area contributed by atoms with E-state index in [0.29, 0.717) is 11.3 Å². The van der Waals surface area contributed by atoms with E-state index >= 15 is 0 Å². The molecule has 0 aliphatic carbocycles. The van der Waals surface area contributed by atoms with E-state index in [9.17, 15) is 14.9 Å². The van der Waals surface area contributed by atoms with Crippen molar-refractivity contribution in [3.8, 4) is 11.5 Å². The number of nitrogens with one attached hydrogen (secondary N) is 2. The fourth-order valence-corrected chi connectivity index (χ4v) is 2.27. The van der Waals surface area contributed by atoms with E-state index in [0.717, 1.165) is 16.5 Å². The Kier molecular flexibility index (Phi) is 4.23. The minimum atomic E-state index is -0.558. The highest BCUT2D eigenvalue weighted by Crippen LogP contribution is 2.27. The Morgan fingerprint density at radius 2 is 2.08 bits per heavy atom. The molecule has 0 spiro atoms. The van der Waals surface area contributed by atoms with Crippen LogP contribution < -0.4 is 10.5 Å². The van der Waals surface area contributed by atoms with Crippen molar-refractivity contribution < 1.29 is 14.5 Å². The number of amides is 1. The molecule has 0 unspecified atom stereocenters. The van der Waals surface area contributed by atoms with E-state index < -0.39 is 10.8 Å². The summed E-state index contributed by atoms with van der Waals surface area (Å²) in [5, 5.41) is 18.9. The van der Waals surface area contributed by atoms with Crippen LogP contribution in [0, 0.1) is 15.5 Å². The molecule has 0 radical (unpaired) electrons. The number of carbonyl (C=O) groups excluding carboxylic acids is 1. The number of aromatic amines is 1. The van der Waals surface area contributed by atoms with E-state index in [2.05, 4.69) is 9.97 Å². The second-order valence-electron chi connectivity index (χ2n) is 5.42. The number of rotatable bonds is 4. The Bertz CT molecular complexity index is 1030. The zero-order chi connectivity index (χ0) is 18.8. The van der Waals surface area contributed by atoms with Gasteiger partial charge in [0.2, 0.25) is 0 Å². The van der Waals surface area contributed by atoms with Gasteiger partial charge in [-0.1, -0.05) is 0 Å². The molecule has 4 N–H and O–H groups in total. The number of ether oxygens (including phenoxy) is 1. The van der Waals surface area contributed by atoms with E-state index in [4.69, 9.17) is 15.9 Å². The molecule has 26 heavy (non-hydrogen) atoms. The van der Waals surface area contributed by atoms with E-state index in [1.165, 1.54) is 19.3 Å². The fraction of sp³-hybridized carbons (Fsp3) is 0.0625. The third-order valence-corrected chi connectivity index (χ3v) is 3.64. The normalized spacial score (nSPS) is 10.5. The molecule has 0 bridgehead atoms. The van der Waals surface area contributed by atoms with Crippen molar-refractivity contribution in [2.45, 2.75) is 0 Å². The van der Waals surface area contributed by atoms with E-state index in [1.54, 1.807) is 24.3 Å². The number of pyridine rings is 1. The average molecular weight is 354 g/mol. The van der Waals surface area contributed by atoms with Gasteiger partial charge >= 0.3 is 0 Å². The summed E-state index contributed by atoms with van der Waals surface area (Å²) < 4.78 is 5.60. The van der Waals surface area contributed by atoms with Crippen LogP contribution >= 0.6 is 0 Å². The minimum absolute atomic E-state index is 0.177. The lowest BCUT2D eigenvalue weighted by Crippen LogP contribution is -2.38. The Morgan fingerprint density at radius 1 is 1.31 bits per heavy atom. The molecule has 1 amide bonds. The highest BCUT2D eigenvalue weighted by Gasteiger charge is 2.16. The van der Waals surface area contributed by atoms with Crippen LogP contribution in [0.25, 0.3) is 10.9 Å². The Labute approximate surface area is 146 Å². The smallest absolute Gasteiger partial charge is 0.291 e. The Balaban J connectivity index is 1.88. The molecule has 3 rings (SSSR count). The molecule has 132 valence electrons. The van der Waals surface area contributed by atoms with Gasteiger partial charge in [-0.15, -0.1) is 0 Å². The molecular weight excluding hydrogens is 340 g/mol. The largest absolute Gasteiger partial charge is 0.455 e. The van der Waals surface area contributed by atoms with Crippen LogP contribution in [0.3, 0.4) is 0 Å². The number of carbonyl (C=O) groups is 1. The molecule has 0 aliphatic heterocycles. The van der Waals surface area contributed by atoms with Crippen LogP contribution in [0.1, 0.15) is 10.5 Å². The first-order valence-corrected chi connectivity index (χ1v) is 7.37. The van der Waals surface area contributed by atoms with Gasteiger partial charge in [0.25, 0.3) is 11.6 Å². The molecule has 0 aliphatic rings. The summed E-state index contributed by atoms with van der Waals surface area (Å²) in [4.78, 5) is 30.2. The summed E-state index contributed by atoms with van der Waals surface area (Å²) >= 11 is 0. The first-order valence-electron chi connectivity index (χ1n) is 7.37. The molecule has 0 atom stereocenters. The van der Waals surface area contributed by atoms with Crippen molar-refractivity contribution in [3.63, 3.8) is 0 Å². The number of fused-ring (bicyclic) bond motifs is 1. The van der Waals surface area contributed by atoms with Gasteiger partial charge in [0, 0.05) is 24.0 Å². The third kappa shape index (κ3) is 3.29. The summed E-state index contributed by atoms with van der Waals surface area (Å²) in [5.74, 6) is -0.173. The summed E-state index contributed by atoms with van der Waals surface area (Å²) in [7, 11) is 1.40. The van der Waals surface area contributed by atoms with Crippen LogP contribution in [0.2, 0.25) is 0 Å². The first-order chi connectivity index (χ1) is 12.3. The quantitative estimate of drug-likeness (QED) is 0.283. The number of hydrogen-bond donors (Lipinski definition) is 3. The van der Waals surface area contributed by atoms with Gasteiger partial charge in [-0.25, -0.2) is 0 Å². The van der Waals surface area contributed by atoms with Crippen LogP contribution in [0.5, 0.6) is 11.5 Å². The van der Waals surface area contributed by atoms with Crippen molar-refractivity contribution in [2.75, 3.05) is 7.05 Å². The maximum absolute atomic E-state index is 12.2. The molecule has 2 aromatic heterocycles. The zero-order valence-electron chi connectivity index (χ0n) is 13.6. The molecule has 0 fully saturated rings. The van der Waals surface area contributed by atoms with Crippen molar-refractivity contribution >= 4 is 28.5 Å². The fourth-order valence-electron chi connectivity index (χ4n) is 2.27. The Morgan fingerprint density at radius 3 is 2.77 bits per heavy atom. The molecule has 0 saturated carbocycles. The molecule has 10 nitrogen and oxygen atoms in total. The topological polar surface area (TPSA) is 151 Å². The third-order valence-electron chi connectivity index (χ3n) is 3.64. The Hall–Kier alpha value is -3.95. The van der Waals surface area contributed by atoms with Gasteiger partial charge < -0.3 is 15.5 Å². The van der Waals surface area contributed by atoms with Crippen LogP contribution in [-0.4, -0.2) is 38.7 Å². The monoisotopic (exact) mass is 354 g/mol. The summed E-state index contributed by atoms with van der Waals surface area (Å²) in [6.45, 7) is 0. The van der Waals surface area contributed by atoms with E-state index in [1.807, 2.05) is 0 Å². The number of nitro groups is 1. The highest BCUT2D eigenvalue weighted by molar-refractivity contribution is 6.05. The first kappa shape index (κ1) is 16.9. The lowest BCUT2D eigenvalue weighted by atomic mass is 10.2.